The van der Waals surface area contributed by atoms with Crippen molar-refractivity contribution in [1.29, 1.82) is 5.26 Å². The molecule has 12 heavy (non-hydrogen) atoms. The first-order valence-corrected chi connectivity index (χ1v) is 3.60. The lowest BCUT2D eigenvalue weighted by Crippen LogP contribution is -1.89. The van der Waals surface area contributed by atoms with E-state index in [0.717, 1.165) is 6.07 Å². The van der Waals surface area contributed by atoms with Crippen molar-refractivity contribution in [3.63, 3.8) is 0 Å². The van der Waals surface area contributed by atoms with Crippen LogP contribution in [0.3, 0.4) is 0 Å². The maximum atomic E-state index is 12.9. The van der Waals surface area contributed by atoms with Crippen LogP contribution in [0.15, 0.2) is 17.0 Å². The van der Waals surface area contributed by atoms with Gasteiger partial charge in [0, 0.05) is 0 Å². The molecule has 0 fully saturated rings. The molecule has 0 aliphatic rings. The van der Waals surface area contributed by atoms with Gasteiger partial charge in [-0.1, -0.05) is 0 Å². The van der Waals surface area contributed by atoms with Crippen LogP contribution in [-0.2, 0) is 0 Å². The van der Waals surface area contributed by atoms with Crippen molar-refractivity contribution in [2.45, 2.75) is 4.90 Å². The Morgan fingerprint density at radius 1 is 1.58 bits per heavy atom. The Labute approximate surface area is 75.0 Å². The lowest BCUT2D eigenvalue weighted by Gasteiger charge is -2.03. The van der Waals surface area contributed by atoms with Crippen molar-refractivity contribution < 1.29 is 9.13 Å². The third kappa shape index (κ3) is 1.51. The van der Waals surface area contributed by atoms with E-state index in [1.807, 2.05) is 6.07 Å². The van der Waals surface area contributed by atoms with Gasteiger partial charge in [0.05, 0.1) is 23.6 Å². The average Bonchev–Trinajstić information content (AvgIpc) is 2.09. The molecule has 0 heterocycles. The summed E-state index contributed by atoms with van der Waals surface area (Å²) in [6.45, 7) is 0. The standard InChI is InChI=1S/C8H6FNOS/c1-11-7-3-5(4-10)2-6(9)8(7)12/h2-3,12H,1H3. The van der Waals surface area contributed by atoms with Crippen molar-refractivity contribution in [2.75, 3.05) is 7.11 Å². The predicted molar refractivity (Wildman–Crippen MR) is 44.9 cm³/mol. The van der Waals surface area contributed by atoms with Gasteiger partial charge in [0.1, 0.15) is 11.6 Å². The topological polar surface area (TPSA) is 33.0 Å². The molecule has 62 valence electrons. The SMILES string of the molecule is COc1cc(C#N)cc(F)c1S. The first kappa shape index (κ1) is 8.88. The molecule has 0 N–H and O–H groups in total. The molecule has 0 saturated heterocycles. The summed E-state index contributed by atoms with van der Waals surface area (Å²) < 4.78 is 17.7. The number of hydrogen-bond acceptors (Lipinski definition) is 3. The molecule has 1 aromatic carbocycles. The van der Waals surface area contributed by atoms with Crippen LogP contribution in [0.1, 0.15) is 5.56 Å². The molecule has 0 spiro atoms. The van der Waals surface area contributed by atoms with Gasteiger partial charge < -0.3 is 4.74 Å². The fourth-order valence-corrected chi connectivity index (χ4v) is 1.01. The summed E-state index contributed by atoms with van der Waals surface area (Å²) in [5, 5.41) is 8.48. The maximum absolute atomic E-state index is 12.9. The summed E-state index contributed by atoms with van der Waals surface area (Å²) >= 11 is 3.87. The van der Waals surface area contributed by atoms with Crippen LogP contribution in [0, 0.1) is 17.1 Å². The Balaban J connectivity index is 3.31. The van der Waals surface area contributed by atoms with Gasteiger partial charge in [0.2, 0.25) is 0 Å². The summed E-state index contributed by atoms with van der Waals surface area (Å²) in [5.74, 6) is -0.274. The van der Waals surface area contributed by atoms with Gasteiger partial charge in [-0.25, -0.2) is 4.39 Å². The van der Waals surface area contributed by atoms with E-state index in [4.69, 9.17) is 10.00 Å². The Bertz CT molecular complexity index is 346. The largest absolute Gasteiger partial charge is 0.495 e. The molecule has 1 rings (SSSR count). The highest BCUT2D eigenvalue weighted by molar-refractivity contribution is 7.80. The van der Waals surface area contributed by atoms with Crippen LogP contribution >= 0.6 is 12.6 Å². The number of methoxy groups -OCH3 is 1. The van der Waals surface area contributed by atoms with Crippen LogP contribution < -0.4 is 4.74 Å². The molecule has 0 saturated carbocycles. The Morgan fingerprint density at radius 2 is 2.25 bits per heavy atom. The molecule has 0 atom stereocenters. The summed E-state index contributed by atoms with van der Waals surface area (Å²) in [7, 11) is 1.40. The van der Waals surface area contributed by atoms with E-state index >= 15 is 0 Å². The minimum absolute atomic E-state index is 0.122. The highest BCUT2D eigenvalue weighted by Gasteiger charge is 2.07. The fourth-order valence-electron chi connectivity index (χ4n) is 0.794. The lowest BCUT2D eigenvalue weighted by atomic mass is 10.2. The van der Waals surface area contributed by atoms with E-state index in [1.165, 1.54) is 13.2 Å². The Morgan fingerprint density at radius 3 is 2.75 bits per heavy atom. The number of hydrogen-bond donors (Lipinski definition) is 1. The third-order valence-corrected chi connectivity index (χ3v) is 1.81. The number of nitrogens with zero attached hydrogens (tertiary/aromatic N) is 1. The second-order valence-electron chi connectivity index (χ2n) is 2.12. The molecule has 0 aliphatic carbocycles. The van der Waals surface area contributed by atoms with Gasteiger partial charge in [0.25, 0.3) is 0 Å². The zero-order chi connectivity index (χ0) is 9.14. The Hall–Kier alpha value is -1.21. The number of ether oxygens (including phenoxy) is 1. The average molecular weight is 183 g/mol. The quantitative estimate of drug-likeness (QED) is 0.675. The number of thiol groups is 1. The number of rotatable bonds is 1. The van der Waals surface area contributed by atoms with Gasteiger partial charge >= 0.3 is 0 Å². The minimum atomic E-state index is -0.547. The Kier molecular flexibility index (Phi) is 2.56. The second kappa shape index (κ2) is 3.46. The van der Waals surface area contributed by atoms with E-state index in [2.05, 4.69) is 12.6 Å². The minimum Gasteiger partial charge on any atom is -0.495 e. The van der Waals surface area contributed by atoms with Crippen molar-refractivity contribution >= 4 is 12.6 Å². The molecule has 1 aromatic rings. The summed E-state index contributed by atoms with van der Waals surface area (Å²) in [5.41, 5.74) is 0.224. The van der Waals surface area contributed by atoms with Gasteiger partial charge in [-0.3, -0.25) is 0 Å². The van der Waals surface area contributed by atoms with E-state index in [-0.39, 0.29) is 16.2 Å². The van der Waals surface area contributed by atoms with Gasteiger partial charge in [0.15, 0.2) is 0 Å². The van der Waals surface area contributed by atoms with Crippen LogP contribution in [-0.4, -0.2) is 7.11 Å². The van der Waals surface area contributed by atoms with Crippen molar-refractivity contribution in [2.24, 2.45) is 0 Å². The molecule has 0 aliphatic heterocycles. The molecule has 0 bridgehead atoms. The molecular weight excluding hydrogens is 177 g/mol. The number of halogens is 1. The summed E-state index contributed by atoms with van der Waals surface area (Å²) in [4.78, 5) is 0.122. The molecular formula is C8H6FNOS. The van der Waals surface area contributed by atoms with Crippen molar-refractivity contribution in [1.82, 2.24) is 0 Å². The van der Waals surface area contributed by atoms with E-state index in [1.54, 1.807) is 0 Å². The maximum Gasteiger partial charge on any atom is 0.141 e. The summed E-state index contributed by atoms with van der Waals surface area (Å²) in [6.07, 6.45) is 0. The normalized spacial score (nSPS) is 9.17. The molecule has 0 unspecified atom stereocenters. The summed E-state index contributed by atoms with van der Waals surface area (Å²) in [6, 6.07) is 4.37. The van der Waals surface area contributed by atoms with Gasteiger partial charge in [-0.15, -0.1) is 12.6 Å². The van der Waals surface area contributed by atoms with Crippen molar-refractivity contribution in [3.05, 3.63) is 23.5 Å². The number of benzene rings is 1. The van der Waals surface area contributed by atoms with E-state index < -0.39 is 5.82 Å². The molecule has 4 heteroatoms. The number of nitriles is 1. The molecule has 0 aromatic heterocycles. The molecule has 2 nitrogen and oxygen atoms in total. The van der Waals surface area contributed by atoms with Gasteiger partial charge in [-0.2, -0.15) is 5.26 Å². The molecule has 0 radical (unpaired) electrons. The zero-order valence-corrected chi connectivity index (χ0v) is 7.23. The fraction of sp³-hybridized carbons (Fsp3) is 0.125. The smallest absolute Gasteiger partial charge is 0.141 e. The molecule has 0 amide bonds. The van der Waals surface area contributed by atoms with Crippen LogP contribution in [0.5, 0.6) is 5.75 Å². The lowest BCUT2D eigenvalue weighted by molar-refractivity contribution is 0.397. The van der Waals surface area contributed by atoms with Crippen LogP contribution in [0.4, 0.5) is 4.39 Å². The van der Waals surface area contributed by atoms with Gasteiger partial charge in [-0.05, 0) is 12.1 Å². The van der Waals surface area contributed by atoms with E-state index in [9.17, 15) is 4.39 Å². The van der Waals surface area contributed by atoms with Crippen molar-refractivity contribution in [3.8, 4) is 11.8 Å². The van der Waals surface area contributed by atoms with Crippen LogP contribution in [0.25, 0.3) is 0 Å². The second-order valence-corrected chi connectivity index (χ2v) is 2.57. The van der Waals surface area contributed by atoms with Crippen LogP contribution in [0.2, 0.25) is 0 Å². The van der Waals surface area contributed by atoms with E-state index in [0.29, 0.717) is 0 Å². The highest BCUT2D eigenvalue weighted by Crippen LogP contribution is 2.26. The first-order valence-electron chi connectivity index (χ1n) is 3.15. The monoisotopic (exact) mass is 183 g/mol. The zero-order valence-electron chi connectivity index (χ0n) is 6.34. The first-order chi connectivity index (χ1) is 5.69. The predicted octanol–water partition coefficient (Wildman–Crippen LogP) is 1.99. The third-order valence-electron chi connectivity index (χ3n) is 1.38. The highest BCUT2D eigenvalue weighted by atomic mass is 32.1.